The van der Waals surface area contributed by atoms with Crippen LogP contribution in [-0.4, -0.2) is 39.2 Å². The van der Waals surface area contributed by atoms with Crippen molar-refractivity contribution in [2.75, 3.05) is 25.0 Å². The van der Waals surface area contributed by atoms with Gasteiger partial charge in [-0.15, -0.1) is 0 Å². The standard InChI is InChI=1S/C26H27Cl2FN6/c27-20-5-2-6-21(28)23(20)25-33-22-16-32-26(31-13-9-18-3-1-4-19(29)15-18)34-24(22)35(25)14-10-17-7-11-30-12-8-17/h1-6,15-17,30H,7-14H2,(H,31,32,34). The average molecular weight is 513 g/mol. The number of aromatic nitrogens is 4. The average Bonchev–Trinajstić information content (AvgIpc) is 3.20. The van der Waals surface area contributed by atoms with Gasteiger partial charge in [0.2, 0.25) is 5.95 Å². The number of benzene rings is 2. The molecule has 0 saturated carbocycles. The van der Waals surface area contributed by atoms with Gasteiger partial charge in [-0.25, -0.2) is 14.4 Å². The summed E-state index contributed by atoms with van der Waals surface area (Å²) in [5, 5.41) is 7.80. The highest BCUT2D eigenvalue weighted by atomic mass is 35.5. The Morgan fingerprint density at radius 2 is 1.83 bits per heavy atom. The first-order valence-corrected chi connectivity index (χ1v) is 12.7. The topological polar surface area (TPSA) is 67.7 Å². The van der Waals surface area contributed by atoms with E-state index in [0.29, 0.717) is 51.8 Å². The fraction of sp³-hybridized carbons (Fsp3) is 0.346. The van der Waals surface area contributed by atoms with E-state index in [0.717, 1.165) is 50.1 Å². The van der Waals surface area contributed by atoms with Crippen molar-refractivity contribution in [1.29, 1.82) is 0 Å². The smallest absolute Gasteiger partial charge is 0.224 e. The zero-order valence-corrected chi connectivity index (χ0v) is 20.8. The molecule has 3 heterocycles. The number of rotatable bonds is 8. The van der Waals surface area contributed by atoms with Crippen LogP contribution < -0.4 is 10.6 Å². The second kappa shape index (κ2) is 10.9. The van der Waals surface area contributed by atoms with E-state index in [9.17, 15) is 4.39 Å². The normalized spacial score (nSPS) is 14.5. The number of hydrogen-bond acceptors (Lipinski definition) is 5. The lowest BCUT2D eigenvalue weighted by molar-refractivity contribution is 0.339. The zero-order chi connectivity index (χ0) is 24.2. The Bertz CT molecular complexity index is 1300. The largest absolute Gasteiger partial charge is 0.354 e. The first-order valence-electron chi connectivity index (χ1n) is 11.9. The predicted octanol–water partition coefficient (Wildman–Crippen LogP) is 5.98. The maximum Gasteiger partial charge on any atom is 0.224 e. The van der Waals surface area contributed by atoms with Crippen molar-refractivity contribution in [2.24, 2.45) is 5.92 Å². The summed E-state index contributed by atoms with van der Waals surface area (Å²) >= 11 is 13.1. The Hall–Kier alpha value is -2.74. The Morgan fingerprint density at radius 1 is 1.06 bits per heavy atom. The van der Waals surface area contributed by atoms with Crippen LogP contribution in [0.3, 0.4) is 0 Å². The molecule has 0 radical (unpaired) electrons. The van der Waals surface area contributed by atoms with Crippen LogP contribution in [0.5, 0.6) is 0 Å². The molecule has 4 aromatic rings. The van der Waals surface area contributed by atoms with Gasteiger partial charge in [-0.1, -0.05) is 41.4 Å². The monoisotopic (exact) mass is 512 g/mol. The van der Waals surface area contributed by atoms with Crippen molar-refractivity contribution in [1.82, 2.24) is 24.8 Å². The van der Waals surface area contributed by atoms with Crippen LogP contribution in [0.2, 0.25) is 10.0 Å². The second-order valence-corrected chi connectivity index (χ2v) is 9.69. The van der Waals surface area contributed by atoms with Crippen LogP contribution in [0.15, 0.2) is 48.7 Å². The van der Waals surface area contributed by atoms with E-state index in [4.69, 9.17) is 33.2 Å². The number of piperidine rings is 1. The van der Waals surface area contributed by atoms with Gasteiger partial charge < -0.3 is 15.2 Å². The first-order chi connectivity index (χ1) is 17.1. The summed E-state index contributed by atoms with van der Waals surface area (Å²) < 4.78 is 15.6. The number of imidazole rings is 1. The molecule has 9 heteroatoms. The lowest BCUT2D eigenvalue weighted by Gasteiger charge is -2.23. The van der Waals surface area contributed by atoms with Gasteiger partial charge in [0.25, 0.3) is 0 Å². The summed E-state index contributed by atoms with van der Waals surface area (Å²) in [6, 6.07) is 12.1. The summed E-state index contributed by atoms with van der Waals surface area (Å²) in [7, 11) is 0. The van der Waals surface area contributed by atoms with Gasteiger partial charge in [0.15, 0.2) is 5.65 Å². The molecule has 0 aliphatic carbocycles. The number of hydrogen-bond donors (Lipinski definition) is 2. The third-order valence-corrected chi connectivity index (χ3v) is 7.11. The quantitative estimate of drug-likeness (QED) is 0.303. The molecule has 1 aliphatic rings. The highest BCUT2D eigenvalue weighted by Gasteiger charge is 2.21. The van der Waals surface area contributed by atoms with E-state index in [1.165, 1.54) is 6.07 Å². The van der Waals surface area contributed by atoms with Gasteiger partial charge in [0.1, 0.15) is 17.2 Å². The minimum Gasteiger partial charge on any atom is -0.354 e. The number of anilines is 1. The Kier molecular flexibility index (Phi) is 7.46. The molecule has 0 atom stereocenters. The van der Waals surface area contributed by atoms with E-state index >= 15 is 0 Å². The van der Waals surface area contributed by atoms with Crippen molar-refractivity contribution in [3.8, 4) is 11.4 Å². The van der Waals surface area contributed by atoms with E-state index in [1.807, 2.05) is 24.3 Å². The molecule has 6 nitrogen and oxygen atoms in total. The lowest BCUT2D eigenvalue weighted by atomic mass is 9.95. The van der Waals surface area contributed by atoms with E-state index in [-0.39, 0.29) is 5.82 Å². The summed E-state index contributed by atoms with van der Waals surface area (Å²) in [6.45, 7) is 3.46. The molecule has 0 unspecified atom stereocenters. The molecular formula is C26H27Cl2FN6. The summed E-state index contributed by atoms with van der Waals surface area (Å²) in [4.78, 5) is 14.1. The molecule has 2 aromatic carbocycles. The van der Waals surface area contributed by atoms with Crippen LogP contribution >= 0.6 is 23.2 Å². The highest BCUT2D eigenvalue weighted by Crippen LogP contribution is 2.36. The third-order valence-electron chi connectivity index (χ3n) is 6.48. The van der Waals surface area contributed by atoms with Crippen molar-refractivity contribution >= 4 is 40.3 Å². The molecule has 1 aliphatic heterocycles. The molecule has 35 heavy (non-hydrogen) atoms. The SMILES string of the molecule is Fc1cccc(CCNc2ncc3nc(-c4c(Cl)cccc4Cl)n(CCC4CCNCC4)c3n2)c1. The van der Waals surface area contributed by atoms with Crippen LogP contribution in [-0.2, 0) is 13.0 Å². The molecular weight excluding hydrogens is 486 g/mol. The molecule has 0 amide bonds. The Labute approximate surface area is 213 Å². The van der Waals surface area contributed by atoms with E-state index in [2.05, 4.69) is 20.2 Å². The first kappa shape index (κ1) is 24.0. The number of nitrogens with one attached hydrogen (secondary N) is 2. The third kappa shape index (κ3) is 5.58. The van der Waals surface area contributed by atoms with Gasteiger partial charge >= 0.3 is 0 Å². The van der Waals surface area contributed by atoms with Crippen LogP contribution in [0.1, 0.15) is 24.8 Å². The molecule has 1 fully saturated rings. The number of aryl methyl sites for hydroxylation is 1. The second-order valence-electron chi connectivity index (χ2n) is 8.87. The number of halogens is 3. The zero-order valence-electron chi connectivity index (χ0n) is 19.3. The molecule has 0 bridgehead atoms. The van der Waals surface area contributed by atoms with Crippen molar-refractivity contribution in [3.05, 3.63) is 70.1 Å². The van der Waals surface area contributed by atoms with Gasteiger partial charge in [0, 0.05) is 13.1 Å². The number of nitrogens with zero attached hydrogens (tertiary/aromatic N) is 4. The van der Waals surface area contributed by atoms with Crippen molar-refractivity contribution < 1.29 is 4.39 Å². The minimum absolute atomic E-state index is 0.233. The maximum atomic E-state index is 13.5. The molecule has 2 N–H and O–H groups in total. The van der Waals surface area contributed by atoms with E-state index in [1.54, 1.807) is 18.3 Å². The lowest BCUT2D eigenvalue weighted by Crippen LogP contribution is -2.28. The predicted molar refractivity (Wildman–Crippen MR) is 140 cm³/mol. The fourth-order valence-corrected chi connectivity index (χ4v) is 5.18. The van der Waals surface area contributed by atoms with Crippen molar-refractivity contribution in [2.45, 2.75) is 32.2 Å². The van der Waals surface area contributed by atoms with Gasteiger partial charge in [-0.05, 0) is 74.5 Å². The number of fused-ring (bicyclic) bond motifs is 1. The highest BCUT2D eigenvalue weighted by molar-refractivity contribution is 6.39. The molecule has 5 rings (SSSR count). The Balaban J connectivity index is 1.44. The molecule has 0 spiro atoms. The van der Waals surface area contributed by atoms with Crippen molar-refractivity contribution in [3.63, 3.8) is 0 Å². The Morgan fingerprint density at radius 3 is 2.60 bits per heavy atom. The summed E-state index contributed by atoms with van der Waals surface area (Å²) in [5.41, 5.74) is 3.06. The molecule has 1 saturated heterocycles. The van der Waals surface area contributed by atoms with Crippen LogP contribution in [0.4, 0.5) is 10.3 Å². The molecule has 182 valence electrons. The van der Waals surface area contributed by atoms with Gasteiger partial charge in [-0.3, -0.25) is 0 Å². The fourth-order valence-electron chi connectivity index (χ4n) is 4.61. The maximum absolute atomic E-state index is 13.5. The van der Waals surface area contributed by atoms with Gasteiger partial charge in [0.05, 0.1) is 21.8 Å². The molecule has 2 aromatic heterocycles. The van der Waals surface area contributed by atoms with Crippen LogP contribution in [0.25, 0.3) is 22.6 Å². The summed E-state index contributed by atoms with van der Waals surface area (Å²) in [6.07, 6.45) is 5.73. The van der Waals surface area contributed by atoms with Gasteiger partial charge in [-0.2, -0.15) is 4.98 Å². The minimum atomic E-state index is -0.233. The van der Waals surface area contributed by atoms with E-state index < -0.39 is 0 Å². The van der Waals surface area contributed by atoms with Crippen LogP contribution in [0, 0.1) is 11.7 Å². The summed E-state index contributed by atoms with van der Waals surface area (Å²) in [5.74, 6) is 1.63.